The third-order valence-corrected chi connectivity index (χ3v) is 5.25. The van der Waals surface area contributed by atoms with E-state index < -0.39 is 0 Å². The molecule has 0 N–H and O–H groups in total. The van der Waals surface area contributed by atoms with Gasteiger partial charge in [-0.05, 0) is 12.8 Å². The number of Topliss-reactive ketones (excluding diaryl/α,β-unsaturated/α-hetero) is 1. The highest BCUT2D eigenvalue weighted by Gasteiger charge is 2.13. The zero-order valence-electron chi connectivity index (χ0n) is 8.97. The number of carbonyl (C=O) groups excluding carboxylic acids is 1. The van der Waals surface area contributed by atoms with Gasteiger partial charge in [0, 0.05) is 28.6 Å². The summed E-state index contributed by atoms with van der Waals surface area (Å²) in [5.41, 5.74) is 1.50. The average molecular weight is 230 g/mol. The van der Waals surface area contributed by atoms with Crippen LogP contribution in [0.25, 0.3) is 0 Å². The van der Waals surface area contributed by atoms with E-state index in [-0.39, 0.29) is 0 Å². The fraction of sp³-hybridized carbons (Fsp3) is 0.727. The molecule has 1 rings (SSSR count). The van der Waals surface area contributed by atoms with Crippen molar-refractivity contribution in [3.8, 4) is 0 Å². The number of carbonyl (C=O) groups is 1. The highest BCUT2D eigenvalue weighted by molar-refractivity contribution is 8.25. The molecule has 14 heavy (non-hydrogen) atoms. The molecule has 0 aliphatic carbocycles. The number of rotatable bonds is 5. The van der Waals surface area contributed by atoms with Gasteiger partial charge in [-0.15, -0.1) is 23.5 Å². The first-order valence-electron chi connectivity index (χ1n) is 5.27. The molecule has 0 saturated carbocycles. The van der Waals surface area contributed by atoms with Gasteiger partial charge < -0.3 is 0 Å². The molecule has 1 heterocycles. The van der Waals surface area contributed by atoms with Crippen LogP contribution in [0.1, 0.15) is 39.5 Å². The van der Waals surface area contributed by atoms with Crippen LogP contribution in [0.3, 0.4) is 0 Å². The molecule has 0 amide bonds. The van der Waals surface area contributed by atoms with Crippen LogP contribution in [-0.4, -0.2) is 17.3 Å². The summed E-state index contributed by atoms with van der Waals surface area (Å²) in [6, 6.07) is 0. The number of hydrogen-bond acceptors (Lipinski definition) is 3. The third-order valence-electron chi connectivity index (χ3n) is 2.37. The Labute approximate surface area is 95.1 Å². The minimum Gasteiger partial charge on any atom is -0.300 e. The third kappa shape index (κ3) is 3.70. The van der Waals surface area contributed by atoms with Gasteiger partial charge in [0.25, 0.3) is 0 Å². The molecule has 0 unspecified atom stereocenters. The zero-order chi connectivity index (χ0) is 10.4. The van der Waals surface area contributed by atoms with E-state index in [1.807, 2.05) is 30.4 Å². The first-order chi connectivity index (χ1) is 6.77. The topological polar surface area (TPSA) is 17.1 Å². The maximum atomic E-state index is 11.2. The van der Waals surface area contributed by atoms with Crippen molar-refractivity contribution in [1.82, 2.24) is 0 Å². The summed E-state index contributed by atoms with van der Waals surface area (Å²) in [7, 11) is 0. The fourth-order valence-corrected chi connectivity index (χ4v) is 4.18. The van der Waals surface area contributed by atoms with Gasteiger partial charge in [-0.3, -0.25) is 4.79 Å². The Morgan fingerprint density at radius 1 is 1.14 bits per heavy atom. The predicted molar refractivity (Wildman–Crippen MR) is 66.8 cm³/mol. The van der Waals surface area contributed by atoms with Gasteiger partial charge in [-0.25, -0.2) is 0 Å². The lowest BCUT2D eigenvalue weighted by molar-refractivity contribution is -0.118. The molecule has 1 fully saturated rings. The molecule has 80 valence electrons. The molecule has 0 aromatic rings. The van der Waals surface area contributed by atoms with Gasteiger partial charge in [0.15, 0.2) is 0 Å². The second-order valence-electron chi connectivity index (χ2n) is 3.33. The van der Waals surface area contributed by atoms with E-state index in [2.05, 4.69) is 6.92 Å². The Balaban J connectivity index is 2.46. The summed E-state index contributed by atoms with van der Waals surface area (Å²) in [5.74, 6) is 2.88. The monoisotopic (exact) mass is 230 g/mol. The van der Waals surface area contributed by atoms with Crippen LogP contribution < -0.4 is 0 Å². The van der Waals surface area contributed by atoms with Crippen LogP contribution in [0.15, 0.2) is 9.81 Å². The highest BCUT2D eigenvalue weighted by Crippen LogP contribution is 2.40. The van der Waals surface area contributed by atoms with Gasteiger partial charge in [0.2, 0.25) is 0 Å². The number of thioether (sulfide) groups is 2. The largest absolute Gasteiger partial charge is 0.300 e. The molecule has 0 aromatic heterocycles. The summed E-state index contributed by atoms with van der Waals surface area (Å²) < 4.78 is 1.50. The second kappa shape index (κ2) is 6.57. The number of ketones is 1. The van der Waals surface area contributed by atoms with Crippen molar-refractivity contribution in [1.29, 1.82) is 0 Å². The molecular weight excluding hydrogens is 212 g/mol. The molecule has 0 aromatic carbocycles. The van der Waals surface area contributed by atoms with E-state index >= 15 is 0 Å². The molecular formula is C11H18OS2. The Morgan fingerprint density at radius 3 is 2.29 bits per heavy atom. The van der Waals surface area contributed by atoms with Gasteiger partial charge in [-0.1, -0.05) is 19.4 Å². The molecule has 3 heteroatoms. The summed E-state index contributed by atoms with van der Waals surface area (Å²) in [4.78, 5) is 11.2. The van der Waals surface area contributed by atoms with Gasteiger partial charge in [0.05, 0.1) is 0 Å². The smallest absolute Gasteiger partial charge is 0.132 e. The molecule has 0 bridgehead atoms. The Kier molecular flexibility index (Phi) is 5.71. The average Bonchev–Trinajstić information content (AvgIpc) is 2.72. The fourth-order valence-electron chi connectivity index (χ4n) is 1.40. The SMILES string of the molecule is CCC(=O)CCC(CC)=C1SCCS1. The van der Waals surface area contributed by atoms with Crippen molar-refractivity contribution >= 4 is 29.3 Å². The summed E-state index contributed by atoms with van der Waals surface area (Å²) in [5, 5.41) is 0. The van der Waals surface area contributed by atoms with Crippen molar-refractivity contribution in [3.05, 3.63) is 9.81 Å². The van der Waals surface area contributed by atoms with E-state index in [4.69, 9.17) is 0 Å². The quantitative estimate of drug-likeness (QED) is 0.714. The molecule has 0 spiro atoms. The minimum absolute atomic E-state index is 0.393. The van der Waals surface area contributed by atoms with Gasteiger partial charge in [0.1, 0.15) is 5.78 Å². The first kappa shape index (κ1) is 12.2. The van der Waals surface area contributed by atoms with Crippen LogP contribution in [0, 0.1) is 0 Å². The maximum absolute atomic E-state index is 11.2. The van der Waals surface area contributed by atoms with Gasteiger partial charge in [-0.2, -0.15) is 0 Å². The van der Waals surface area contributed by atoms with E-state index in [1.54, 1.807) is 0 Å². The Morgan fingerprint density at radius 2 is 1.79 bits per heavy atom. The summed E-state index contributed by atoms with van der Waals surface area (Å²) in [6.45, 7) is 4.14. The predicted octanol–water partition coefficient (Wildman–Crippen LogP) is 3.85. The van der Waals surface area contributed by atoms with Crippen molar-refractivity contribution in [3.63, 3.8) is 0 Å². The van der Waals surface area contributed by atoms with Gasteiger partial charge >= 0.3 is 0 Å². The van der Waals surface area contributed by atoms with E-state index in [0.717, 1.165) is 19.3 Å². The highest BCUT2D eigenvalue weighted by atomic mass is 32.2. The molecule has 0 radical (unpaired) electrons. The van der Waals surface area contributed by atoms with Crippen molar-refractivity contribution in [2.24, 2.45) is 0 Å². The molecule has 1 nitrogen and oxygen atoms in total. The van der Waals surface area contributed by atoms with Crippen LogP contribution in [-0.2, 0) is 4.79 Å². The lowest BCUT2D eigenvalue weighted by Crippen LogP contribution is -1.96. The Bertz CT molecular complexity index is 225. The van der Waals surface area contributed by atoms with E-state index in [9.17, 15) is 4.79 Å². The zero-order valence-corrected chi connectivity index (χ0v) is 10.6. The van der Waals surface area contributed by atoms with Crippen LogP contribution in [0.5, 0.6) is 0 Å². The van der Waals surface area contributed by atoms with Crippen molar-refractivity contribution in [2.75, 3.05) is 11.5 Å². The van der Waals surface area contributed by atoms with Crippen molar-refractivity contribution in [2.45, 2.75) is 39.5 Å². The molecule has 1 saturated heterocycles. The van der Waals surface area contributed by atoms with Crippen LogP contribution >= 0.6 is 23.5 Å². The van der Waals surface area contributed by atoms with Crippen LogP contribution in [0.2, 0.25) is 0 Å². The number of allylic oxidation sites excluding steroid dienone is 1. The van der Waals surface area contributed by atoms with E-state index in [0.29, 0.717) is 12.2 Å². The minimum atomic E-state index is 0.393. The van der Waals surface area contributed by atoms with Crippen molar-refractivity contribution < 1.29 is 4.79 Å². The normalized spacial score (nSPS) is 16.0. The molecule has 0 atom stereocenters. The molecule has 1 aliphatic rings. The van der Waals surface area contributed by atoms with Crippen LogP contribution in [0.4, 0.5) is 0 Å². The molecule has 1 aliphatic heterocycles. The maximum Gasteiger partial charge on any atom is 0.132 e. The Hall–Kier alpha value is 0.110. The lowest BCUT2D eigenvalue weighted by Gasteiger charge is -2.06. The summed E-state index contributed by atoms with van der Waals surface area (Å²) in [6.07, 6.45) is 3.52. The lowest BCUT2D eigenvalue weighted by atomic mass is 10.1. The summed E-state index contributed by atoms with van der Waals surface area (Å²) >= 11 is 3.93. The van der Waals surface area contributed by atoms with E-state index in [1.165, 1.54) is 21.3 Å². The number of hydrogen-bond donors (Lipinski definition) is 0. The standard InChI is InChI=1S/C11H18OS2/c1-3-9(5-6-10(12)4-2)11-13-7-8-14-11/h3-8H2,1-2H3. The second-order valence-corrected chi connectivity index (χ2v) is 5.80. The first-order valence-corrected chi connectivity index (χ1v) is 7.24.